The molecule has 0 spiro atoms. The van der Waals surface area contributed by atoms with Crippen LogP contribution in [0.4, 0.5) is 0 Å². The van der Waals surface area contributed by atoms with Gasteiger partial charge in [0.2, 0.25) is 0 Å². The zero-order valence-corrected chi connectivity index (χ0v) is 19.4. The molecule has 1 aliphatic heterocycles. The molecule has 31 heavy (non-hydrogen) atoms. The van der Waals surface area contributed by atoms with Crippen molar-refractivity contribution in [2.24, 2.45) is 11.1 Å². The van der Waals surface area contributed by atoms with Gasteiger partial charge in [-0.15, -0.1) is 0 Å². The molecule has 168 valence electrons. The maximum Gasteiger partial charge on any atom is 0.145 e. The van der Waals surface area contributed by atoms with E-state index >= 15 is 0 Å². The number of halogens is 1. The molecule has 0 unspecified atom stereocenters. The van der Waals surface area contributed by atoms with Crippen LogP contribution in [0.25, 0.3) is 0 Å². The lowest BCUT2D eigenvalue weighted by Gasteiger charge is -2.27. The van der Waals surface area contributed by atoms with E-state index in [1.54, 1.807) is 0 Å². The Morgan fingerprint density at radius 3 is 2.74 bits per heavy atom. The van der Waals surface area contributed by atoms with Gasteiger partial charge in [0.25, 0.3) is 0 Å². The van der Waals surface area contributed by atoms with E-state index in [1.165, 1.54) is 5.56 Å². The second-order valence-electron chi connectivity index (χ2n) is 8.69. The van der Waals surface area contributed by atoms with Crippen LogP contribution in [0.5, 0.6) is 0 Å². The highest BCUT2D eigenvalue weighted by atomic mass is 35.5. The highest BCUT2D eigenvalue weighted by Gasteiger charge is 2.26. The van der Waals surface area contributed by atoms with Gasteiger partial charge in [0.1, 0.15) is 6.10 Å². The summed E-state index contributed by atoms with van der Waals surface area (Å²) in [6, 6.07) is 16.0. The average molecular weight is 445 g/mol. The van der Waals surface area contributed by atoms with Crippen molar-refractivity contribution in [1.82, 2.24) is 4.90 Å². The Morgan fingerprint density at radius 2 is 2.00 bits per heavy atom. The monoisotopic (exact) mass is 444 g/mol. The molecule has 0 aliphatic carbocycles. The van der Waals surface area contributed by atoms with Crippen molar-refractivity contribution >= 4 is 17.3 Å². The molecule has 0 radical (unpaired) electrons. The normalized spacial score (nSPS) is 17.1. The van der Waals surface area contributed by atoms with Gasteiger partial charge in [-0.25, -0.2) is 0 Å². The van der Waals surface area contributed by atoms with E-state index in [1.807, 2.05) is 36.4 Å². The summed E-state index contributed by atoms with van der Waals surface area (Å²) in [5, 5.41) is 15.6. The smallest absolute Gasteiger partial charge is 0.145 e. The molecule has 1 aliphatic rings. The number of aliphatic hydroxyl groups is 1. The van der Waals surface area contributed by atoms with Gasteiger partial charge in [0, 0.05) is 43.2 Å². The summed E-state index contributed by atoms with van der Waals surface area (Å²) >= 11 is 6.17. The number of ether oxygens (including phenoxy) is 1. The summed E-state index contributed by atoms with van der Waals surface area (Å²) < 4.78 is 5.63. The van der Waals surface area contributed by atoms with Crippen molar-refractivity contribution in [2.75, 3.05) is 26.3 Å². The molecule has 0 saturated heterocycles. The largest absolute Gasteiger partial charge is 0.390 e. The first-order valence-electron chi connectivity index (χ1n) is 10.9. The third-order valence-electron chi connectivity index (χ3n) is 5.18. The van der Waals surface area contributed by atoms with Gasteiger partial charge in [-0.2, -0.15) is 0 Å². The zero-order chi connectivity index (χ0) is 22.2. The molecule has 2 aromatic rings. The van der Waals surface area contributed by atoms with E-state index in [0.717, 1.165) is 23.3 Å². The zero-order valence-electron chi connectivity index (χ0n) is 18.6. The number of aryl methyl sites for hydroxylation is 1. The maximum atomic E-state index is 10.5. The van der Waals surface area contributed by atoms with Gasteiger partial charge in [0.05, 0.1) is 18.4 Å². The molecule has 0 amide bonds. The quantitative estimate of drug-likeness (QED) is 0.546. The minimum atomic E-state index is -0.573. The number of nitrogens with zero attached hydrogens (tertiary/aromatic N) is 2. The SMILES string of the molecule is Cc1ccccc1C1=NO[C@H](CN(Cc2cccc(Cl)c2)C[C@@H](O)COCC(C)C)C1. The van der Waals surface area contributed by atoms with Crippen LogP contribution in [0.3, 0.4) is 0 Å². The van der Waals surface area contributed by atoms with Gasteiger partial charge in [-0.1, -0.05) is 67.0 Å². The average Bonchev–Trinajstić information content (AvgIpc) is 3.16. The van der Waals surface area contributed by atoms with E-state index in [9.17, 15) is 5.11 Å². The number of oxime groups is 1. The molecule has 2 atom stereocenters. The van der Waals surface area contributed by atoms with Crippen LogP contribution in [0.15, 0.2) is 53.7 Å². The van der Waals surface area contributed by atoms with Crippen molar-refractivity contribution in [3.05, 3.63) is 70.2 Å². The molecule has 0 saturated carbocycles. The molecule has 3 rings (SSSR count). The van der Waals surface area contributed by atoms with E-state index in [-0.39, 0.29) is 6.10 Å². The Balaban J connectivity index is 1.61. The second-order valence-corrected chi connectivity index (χ2v) is 9.13. The van der Waals surface area contributed by atoms with Crippen molar-refractivity contribution in [3.63, 3.8) is 0 Å². The molecule has 1 N–H and O–H groups in total. The van der Waals surface area contributed by atoms with Gasteiger partial charge < -0.3 is 14.7 Å². The first-order chi connectivity index (χ1) is 14.9. The molecular weight excluding hydrogens is 412 g/mol. The lowest BCUT2D eigenvalue weighted by atomic mass is 10.00. The van der Waals surface area contributed by atoms with Crippen LogP contribution < -0.4 is 0 Å². The number of benzene rings is 2. The van der Waals surface area contributed by atoms with E-state index in [0.29, 0.717) is 43.8 Å². The molecule has 2 aromatic carbocycles. The predicted octanol–water partition coefficient (Wildman–Crippen LogP) is 4.68. The minimum Gasteiger partial charge on any atom is -0.390 e. The van der Waals surface area contributed by atoms with Crippen LogP contribution in [-0.2, 0) is 16.1 Å². The summed E-state index contributed by atoms with van der Waals surface area (Å²) in [5.41, 5.74) is 4.40. The predicted molar refractivity (Wildman–Crippen MR) is 126 cm³/mol. The number of hydrogen-bond acceptors (Lipinski definition) is 5. The van der Waals surface area contributed by atoms with Gasteiger partial charge in [-0.3, -0.25) is 4.90 Å². The van der Waals surface area contributed by atoms with Crippen LogP contribution in [0.2, 0.25) is 5.02 Å². The Bertz CT molecular complexity index is 871. The third-order valence-corrected chi connectivity index (χ3v) is 5.41. The van der Waals surface area contributed by atoms with Gasteiger partial charge in [0.15, 0.2) is 0 Å². The lowest BCUT2D eigenvalue weighted by Crippen LogP contribution is -2.39. The fourth-order valence-corrected chi connectivity index (χ4v) is 3.97. The van der Waals surface area contributed by atoms with Crippen molar-refractivity contribution < 1.29 is 14.7 Å². The summed E-state index contributed by atoms with van der Waals surface area (Å²) in [6.45, 7) is 9.07. The van der Waals surface area contributed by atoms with Gasteiger partial charge in [-0.05, 0) is 36.1 Å². The molecule has 6 heteroatoms. The Labute approximate surface area is 190 Å². The number of aliphatic hydroxyl groups excluding tert-OH is 1. The Kier molecular flexibility index (Phi) is 8.90. The fourth-order valence-electron chi connectivity index (χ4n) is 3.76. The van der Waals surface area contributed by atoms with E-state index in [4.69, 9.17) is 21.2 Å². The van der Waals surface area contributed by atoms with Crippen LogP contribution in [-0.4, -0.2) is 54.2 Å². The molecule has 1 heterocycles. The number of hydrogen-bond donors (Lipinski definition) is 1. The van der Waals surface area contributed by atoms with Crippen molar-refractivity contribution in [3.8, 4) is 0 Å². The highest BCUT2D eigenvalue weighted by Crippen LogP contribution is 2.21. The minimum absolute atomic E-state index is 0.0578. The topological polar surface area (TPSA) is 54.3 Å². The highest BCUT2D eigenvalue weighted by molar-refractivity contribution is 6.30. The molecular formula is C25H33ClN2O3. The lowest BCUT2D eigenvalue weighted by molar-refractivity contribution is -0.00734. The molecule has 5 nitrogen and oxygen atoms in total. The first kappa shape index (κ1) is 23.7. The van der Waals surface area contributed by atoms with Crippen LogP contribution in [0.1, 0.15) is 37.0 Å². The van der Waals surface area contributed by atoms with Crippen molar-refractivity contribution in [1.29, 1.82) is 0 Å². The molecule has 0 bridgehead atoms. The first-order valence-corrected chi connectivity index (χ1v) is 11.3. The standard InChI is InChI=1S/C25H33ClN2O3/c1-18(2)16-30-17-22(29)14-28(13-20-8-6-9-21(26)11-20)15-23-12-25(27-31-23)24-10-5-4-7-19(24)3/h4-11,18,22-23,29H,12-17H2,1-3H3/t22-,23+/m1/s1. The van der Waals surface area contributed by atoms with Crippen molar-refractivity contribution in [2.45, 2.75) is 45.9 Å². The van der Waals surface area contributed by atoms with Crippen LogP contribution in [0, 0.1) is 12.8 Å². The van der Waals surface area contributed by atoms with Crippen LogP contribution >= 0.6 is 11.6 Å². The maximum absolute atomic E-state index is 10.5. The van der Waals surface area contributed by atoms with E-state index < -0.39 is 6.10 Å². The van der Waals surface area contributed by atoms with Gasteiger partial charge >= 0.3 is 0 Å². The summed E-state index contributed by atoms with van der Waals surface area (Å²) in [6.07, 6.45) is 0.116. The molecule has 0 fully saturated rings. The number of rotatable bonds is 11. The summed E-state index contributed by atoms with van der Waals surface area (Å²) in [7, 11) is 0. The summed E-state index contributed by atoms with van der Waals surface area (Å²) in [4.78, 5) is 7.96. The molecule has 0 aromatic heterocycles. The Hall–Kier alpha value is -1.92. The summed E-state index contributed by atoms with van der Waals surface area (Å²) in [5.74, 6) is 0.443. The fraction of sp³-hybridized carbons (Fsp3) is 0.480. The Morgan fingerprint density at radius 1 is 1.19 bits per heavy atom. The second kappa shape index (κ2) is 11.6. The third kappa shape index (κ3) is 7.62. The van der Waals surface area contributed by atoms with E-state index in [2.05, 4.69) is 43.0 Å².